The SMILES string of the molecule is Cc1cccc(OCCCC(=O)N(C)Cc2ccc(Cl)cc2)c1. The van der Waals surface area contributed by atoms with E-state index in [1.807, 2.05) is 62.5 Å². The van der Waals surface area contributed by atoms with Crippen molar-refractivity contribution in [3.63, 3.8) is 0 Å². The van der Waals surface area contributed by atoms with Crippen molar-refractivity contribution in [3.05, 3.63) is 64.7 Å². The highest BCUT2D eigenvalue weighted by Gasteiger charge is 2.09. The molecule has 23 heavy (non-hydrogen) atoms. The van der Waals surface area contributed by atoms with Gasteiger partial charge in [-0.2, -0.15) is 0 Å². The number of rotatable bonds is 7. The highest BCUT2D eigenvalue weighted by atomic mass is 35.5. The van der Waals surface area contributed by atoms with Crippen LogP contribution in [0.3, 0.4) is 0 Å². The second-order valence-electron chi connectivity index (χ2n) is 5.64. The molecule has 0 fully saturated rings. The molecule has 0 bridgehead atoms. The number of carbonyl (C=O) groups excluding carboxylic acids is 1. The number of carbonyl (C=O) groups is 1. The zero-order chi connectivity index (χ0) is 16.7. The van der Waals surface area contributed by atoms with E-state index < -0.39 is 0 Å². The fourth-order valence-electron chi connectivity index (χ4n) is 2.26. The second kappa shape index (κ2) is 8.59. The lowest BCUT2D eigenvalue weighted by Crippen LogP contribution is -2.26. The normalized spacial score (nSPS) is 10.4. The summed E-state index contributed by atoms with van der Waals surface area (Å²) in [7, 11) is 1.82. The quantitative estimate of drug-likeness (QED) is 0.701. The van der Waals surface area contributed by atoms with Crippen LogP contribution in [0.1, 0.15) is 24.0 Å². The molecule has 0 radical (unpaired) electrons. The number of hydrogen-bond acceptors (Lipinski definition) is 2. The number of ether oxygens (including phenoxy) is 1. The average molecular weight is 332 g/mol. The summed E-state index contributed by atoms with van der Waals surface area (Å²) in [5, 5.41) is 0.705. The largest absolute Gasteiger partial charge is 0.494 e. The van der Waals surface area contributed by atoms with Gasteiger partial charge in [-0.3, -0.25) is 4.79 Å². The van der Waals surface area contributed by atoms with E-state index in [1.165, 1.54) is 5.56 Å². The van der Waals surface area contributed by atoms with Gasteiger partial charge in [-0.15, -0.1) is 0 Å². The van der Waals surface area contributed by atoms with Gasteiger partial charge < -0.3 is 9.64 Å². The summed E-state index contributed by atoms with van der Waals surface area (Å²) in [6.07, 6.45) is 1.19. The predicted octanol–water partition coefficient (Wildman–Crippen LogP) is 4.47. The summed E-state index contributed by atoms with van der Waals surface area (Å²) in [4.78, 5) is 13.9. The van der Waals surface area contributed by atoms with Crippen LogP contribution in [-0.2, 0) is 11.3 Å². The number of benzene rings is 2. The van der Waals surface area contributed by atoms with Gasteiger partial charge in [0.1, 0.15) is 5.75 Å². The first-order chi connectivity index (χ1) is 11.0. The third kappa shape index (κ3) is 5.95. The Bertz CT molecular complexity index is 640. The Kier molecular flexibility index (Phi) is 6.48. The standard InChI is InChI=1S/C19H22ClNO2/c1-15-5-3-6-18(13-15)23-12-4-7-19(22)21(2)14-16-8-10-17(20)11-9-16/h3,5-6,8-11,13H,4,7,12,14H2,1-2H3. The molecule has 0 aromatic heterocycles. The summed E-state index contributed by atoms with van der Waals surface area (Å²) >= 11 is 5.86. The summed E-state index contributed by atoms with van der Waals surface area (Å²) in [5.74, 6) is 0.972. The molecule has 2 rings (SSSR count). The van der Waals surface area contributed by atoms with Crippen LogP contribution in [0.15, 0.2) is 48.5 Å². The van der Waals surface area contributed by atoms with E-state index in [4.69, 9.17) is 16.3 Å². The Balaban J connectivity index is 1.70. The highest BCUT2D eigenvalue weighted by Crippen LogP contribution is 2.14. The third-order valence-corrected chi connectivity index (χ3v) is 3.80. The Morgan fingerprint density at radius 1 is 1.17 bits per heavy atom. The molecule has 3 nitrogen and oxygen atoms in total. The van der Waals surface area contributed by atoms with Gasteiger partial charge in [0.2, 0.25) is 5.91 Å². The molecule has 0 unspecified atom stereocenters. The van der Waals surface area contributed by atoms with Crippen LogP contribution in [-0.4, -0.2) is 24.5 Å². The molecule has 0 aliphatic carbocycles. The van der Waals surface area contributed by atoms with Crippen LogP contribution >= 0.6 is 11.6 Å². The van der Waals surface area contributed by atoms with Crippen molar-refractivity contribution in [2.45, 2.75) is 26.3 Å². The fraction of sp³-hybridized carbons (Fsp3) is 0.316. The monoisotopic (exact) mass is 331 g/mol. The zero-order valence-electron chi connectivity index (χ0n) is 13.6. The maximum atomic E-state index is 12.1. The minimum Gasteiger partial charge on any atom is -0.494 e. The van der Waals surface area contributed by atoms with Crippen molar-refractivity contribution < 1.29 is 9.53 Å². The van der Waals surface area contributed by atoms with Crippen molar-refractivity contribution in [3.8, 4) is 5.75 Å². The predicted molar refractivity (Wildman–Crippen MR) is 93.8 cm³/mol. The van der Waals surface area contributed by atoms with Gasteiger partial charge in [0.05, 0.1) is 6.61 Å². The van der Waals surface area contributed by atoms with E-state index in [9.17, 15) is 4.79 Å². The van der Waals surface area contributed by atoms with Gasteiger partial charge in [0.15, 0.2) is 0 Å². The lowest BCUT2D eigenvalue weighted by Gasteiger charge is -2.17. The van der Waals surface area contributed by atoms with Crippen molar-refractivity contribution in [1.82, 2.24) is 4.90 Å². The molecule has 0 heterocycles. The second-order valence-corrected chi connectivity index (χ2v) is 6.08. The minimum atomic E-state index is 0.118. The van der Waals surface area contributed by atoms with Crippen LogP contribution < -0.4 is 4.74 Å². The summed E-state index contributed by atoms with van der Waals surface area (Å²) in [6.45, 7) is 3.17. The van der Waals surface area contributed by atoms with Gasteiger partial charge in [-0.25, -0.2) is 0 Å². The Hall–Kier alpha value is -2.00. The van der Waals surface area contributed by atoms with Crippen molar-refractivity contribution in [2.24, 2.45) is 0 Å². The number of halogens is 1. The van der Waals surface area contributed by atoms with Crippen molar-refractivity contribution >= 4 is 17.5 Å². The van der Waals surface area contributed by atoms with Crippen LogP contribution in [0.2, 0.25) is 5.02 Å². The van der Waals surface area contributed by atoms with Gasteiger partial charge in [0.25, 0.3) is 0 Å². The molecule has 0 spiro atoms. The highest BCUT2D eigenvalue weighted by molar-refractivity contribution is 6.30. The molecule has 2 aromatic rings. The van der Waals surface area contributed by atoms with Crippen LogP contribution in [0.25, 0.3) is 0 Å². The first kappa shape index (κ1) is 17.4. The summed E-state index contributed by atoms with van der Waals surface area (Å²) < 4.78 is 5.66. The third-order valence-electron chi connectivity index (χ3n) is 3.55. The van der Waals surface area contributed by atoms with Gasteiger partial charge in [0, 0.05) is 25.0 Å². The van der Waals surface area contributed by atoms with E-state index in [0.717, 1.165) is 11.3 Å². The number of hydrogen-bond donors (Lipinski definition) is 0. The van der Waals surface area contributed by atoms with E-state index in [-0.39, 0.29) is 5.91 Å². The maximum Gasteiger partial charge on any atom is 0.222 e. The molecule has 0 atom stereocenters. The van der Waals surface area contributed by atoms with Crippen molar-refractivity contribution in [1.29, 1.82) is 0 Å². The number of aryl methyl sites for hydroxylation is 1. The number of nitrogens with zero attached hydrogens (tertiary/aromatic N) is 1. The molecule has 0 saturated carbocycles. The van der Waals surface area contributed by atoms with E-state index in [1.54, 1.807) is 4.90 Å². The molecule has 0 N–H and O–H groups in total. The molecule has 1 amide bonds. The lowest BCUT2D eigenvalue weighted by atomic mass is 10.2. The first-order valence-electron chi connectivity index (χ1n) is 7.72. The van der Waals surface area contributed by atoms with Crippen LogP contribution in [0.5, 0.6) is 5.75 Å². The van der Waals surface area contributed by atoms with E-state index in [2.05, 4.69) is 0 Å². The Morgan fingerprint density at radius 2 is 1.91 bits per heavy atom. The molecule has 0 saturated heterocycles. The average Bonchev–Trinajstić information content (AvgIpc) is 2.53. The van der Waals surface area contributed by atoms with Gasteiger partial charge in [-0.05, 0) is 48.7 Å². The molecule has 4 heteroatoms. The van der Waals surface area contributed by atoms with E-state index in [0.29, 0.717) is 31.0 Å². The molecular weight excluding hydrogens is 310 g/mol. The van der Waals surface area contributed by atoms with Crippen LogP contribution in [0.4, 0.5) is 0 Å². The summed E-state index contributed by atoms with van der Waals surface area (Å²) in [5.41, 5.74) is 2.24. The van der Waals surface area contributed by atoms with Crippen molar-refractivity contribution in [2.75, 3.05) is 13.7 Å². The molecule has 0 aliphatic rings. The minimum absolute atomic E-state index is 0.118. The molecule has 2 aromatic carbocycles. The Morgan fingerprint density at radius 3 is 2.61 bits per heavy atom. The number of amides is 1. The lowest BCUT2D eigenvalue weighted by molar-refractivity contribution is -0.130. The topological polar surface area (TPSA) is 29.5 Å². The van der Waals surface area contributed by atoms with E-state index >= 15 is 0 Å². The maximum absolute atomic E-state index is 12.1. The zero-order valence-corrected chi connectivity index (χ0v) is 14.3. The Labute approximate surface area is 142 Å². The molecule has 0 aliphatic heterocycles. The summed E-state index contributed by atoms with van der Waals surface area (Å²) in [6, 6.07) is 15.5. The van der Waals surface area contributed by atoms with Crippen LogP contribution in [0, 0.1) is 6.92 Å². The smallest absolute Gasteiger partial charge is 0.222 e. The molecular formula is C19H22ClNO2. The van der Waals surface area contributed by atoms with Gasteiger partial charge >= 0.3 is 0 Å². The van der Waals surface area contributed by atoms with Gasteiger partial charge in [-0.1, -0.05) is 35.9 Å². The first-order valence-corrected chi connectivity index (χ1v) is 8.10. The molecule has 122 valence electrons. The fourth-order valence-corrected chi connectivity index (χ4v) is 2.39.